The van der Waals surface area contributed by atoms with E-state index in [2.05, 4.69) is 56.8 Å². The topological polar surface area (TPSA) is 84.4 Å². The van der Waals surface area contributed by atoms with Gasteiger partial charge in [0.05, 0.1) is 23.9 Å². The van der Waals surface area contributed by atoms with Crippen LogP contribution in [-0.4, -0.2) is 73.6 Å². The van der Waals surface area contributed by atoms with Crippen molar-refractivity contribution in [1.82, 2.24) is 20.3 Å². The first-order chi connectivity index (χ1) is 15.8. The lowest BCUT2D eigenvalue weighted by molar-refractivity contribution is 0.0372. The molecule has 0 aliphatic carbocycles. The highest BCUT2D eigenvalue weighted by molar-refractivity contribution is 5.88. The van der Waals surface area contributed by atoms with Gasteiger partial charge in [0.2, 0.25) is 0 Å². The summed E-state index contributed by atoms with van der Waals surface area (Å²) in [7, 11) is 2.17. The van der Waals surface area contributed by atoms with Crippen LogP contribution < -0.4 is 15.5 Å². The summed E-state index contributed by atoms with van der Waals surface area (Å²) in [6.45, 7) is 4.81. The second kappa shape index (κ2) is 9.77. The monoisotopic (exact) mass is 434 g/mol. The van der Waals surface area contributed by atoms with E-state index in [-0.39, 0.29) is 6.10 Å². The van der Waals surface area contributed by atoms with Crippen molar-refractivity contribution in [3.05, 3.63) is 42.7 Å². The van der Waals surface area contributed by atoms with Crippen molar-refractivity contribution in [2.75, 3.05) is 56.7 Å². The number of rotatable bonds is 6. The SMILES string of the molecule is CN(c1ccc(-c2cc3nccnc3c(NCC3CNCCO3)n2)cc1)C1CCOCC1. The number of fused-ring (bicyclic) bond motifs is 1. The van der Waals surface area contributed by atoms with Gasteiger partial charge >= 0.3 is 0 Å². The fraction of sp³-hybridized carbons (Fsp3) is 0.458. The molecule has 168 valence electrons. The zero-order valence-corrected chi connectivity index (χ0v) is 18.5. The van der Waals surface area contributed by atoms with Crippen molar-refractivity contribution < 1.29 is 9.47 Å². The minimum absolute atomic E-state index is 0.112. The van der Waals surface area contributed by atoms with Gasteiger partial charge in [-0.2, -0.15) is 0 Å². The number of ether oxygens (including phenoxy) is 2. The van der Waals surface area contributed by atoms with Gasteiger partial charge in [0.25, 0.3) is 0 Å². The van der Waals surface area contributed by atoms with E-state index >= 15 is 0 Å². The Kier molecular flexibility index (Phi) is 6.43. The molecule has 1 atom stereocenters. The van der Waals surface area contributed by atoms with Crippen molar-refractivity contribution in [1.29, 1.82) is 0 Å². The number of nitrogens with one attached hydrogen (secondary N) is 2. The molecule has 4 heterocycles. The van der Waals surface area contributed by atoms with Crippen molar-refractivity contribution >= 4 is 22.5 Å². The van der Waals surface area contributed by atoms with E-state index < -0.39 is 0 Å². The summed E-state index contributed by atoms with van der Waals surface area (Å²) in [4.78, 5) is 16.3. The summed E-state index contributed by atoms with van der Waals surface area (Å²) < 4.78 is 11.3. The third-order valence-electron chi connectivity index (χ3n) is 6.27. The molecule has 3 aromatic rings. The predicted octanol–water partition coefficient (Wildman–Crippen LogP) is 2.71. The Balaban J connectivity index is 1.38. The maximum absolute atomic E-state index is 5.81. The number of benzene rings is 1. The Hall–Kier alpha value is -2.81. The van der Waals surface area contributed by atoms with E-state index in [1.165, 1.54) is 5.69 Å². The molecule has 2 fully saturated rings. The molecule has 2 saturated heterocycles. The van der Waals surface area contributed by atoms with Crippen LogP contribution in [0.15, 0.2) is 42.7 Å². The molecule has 1 aromatic carbocycles. The van der Waals surface area contributed by atoms with E-state index in [0.717, 1.165) is 73.9 Å². The fourth-order valence-corrected chi connectivity index (χ4v) is 4.36. The van der Waals surface area contributed by atoms with E-state index in [0.29, 0.717) is 12.6 Å². The van der Waals surface area contributed by atoms with Gasteiger partial charge in [0.15, 0.2) is 5.82 Å². The van der Waals surface area contributed by atoms with Crippen molar-refractivity contribution in [3.8, 4) is 11.3 Å². The highest BCUT2D eigenvalue weighted by Gasteiger charge is 2.19. The van der Waals surface area contributed by atoms with Crippen LogP contribution in [-0.2, 0) is 9.47 Å². The van der Waals surface area contributed by atoms with Gasteiger partial charge < -0.3 is 25.0 Å². The average Bonchev–Trinajstić information content (AvgIpc) is 2.88. The molecule has 2 aliphatic heterocycles. The van der Waals surface area contributed by atoms with Crippen LogP contribution in [0.2, 0.25) is 0 Å². The number of anilines is 2. The van der Waals surface area contributed by atoms with Crippen LogP contribution in [0.1, 0.15) is 12.8 Å². The summed E-state index contributed by atoms with van der Waals surface area (Å²) in [5.41, 5.74) is 4.74. The van der Waals surface area contributed by atoms with Gasteiger partial charge in [-0.1, -0.05) is 12.1 Å². The van der Waals surface area contributed by atoms with E-state index in [4.69, 9.17) is 14.5 Å². The molecule has 0 amide bonds. The zero-order chi connectivity index (χ0) is 21.8. The largest absolute Gasteiger partial charge is 0.381 e. The molecular weight excluding hydrogens is 404 g/mol. The number of pyridine rings is 1. The van der Waals surface area contributed by atoms with Crippen LogP contribution in [0.5, 0.6) is 0 Å². The molecule has 0 bridgehead atoms. The van der Waals surface area contributed by atoms with E-state index in [1.54, 1.807) is 12.4 Å². The third kappa shape index (κ3) is 4.67. The molecule has 2 aliphatic rings. The molecule has 2 aromatic heterocycles. The van der Waals surface area contributed by atoms with Crippen molar-refractivity contribution in [3.63, 3.8) is 0 Å². The van der Waals surface area contributed by atoms with Crippen LogP contribution in [0.25, 0.3) is 22.3 Å². The molecule has 1 unspecified atom stereocenters. The molecule has 8 nitrogen and oxygen atoms in total. The molecular formula is C24H30N6O2. The Labute approximate surface area is 188 Å². The summed E-state index contributed by atoms with van der Waals surface area (Å²) >= 11 is 0. The Morgan fingerprint density at radius 1 is 1.09 bits per heavy atom. The van der Waals surface area contributed by atoms with Crippen molar-refractivity contribution in [2.24, 2.45) is 0 Å². The number of hydrogen-bond acceptors (Lipinski definition) is 8. The first-order valence-corrected chi connectivity index (χ1v) is 11.4. The highest BCUT2D eigenvalue weighted by Crippen LogP contribution is 2.28. The van der Waals surface area contributed by atoms with Crippen LogP contribution >= 0.6 is 0 Å². The lowest BCUT2D eigenvalue weighted by Gasteiger charge is -2.33. The fourth-order valence-electron chi connectivity index (χ4n) is 4.36. The zero-order valence-electron chi connectivity index (χ0n) is 18.5. The van der Waals surface area contributed by atoms with Crippen LogP contribution in [0, 0.1) is 0 Å². The summed E-state index contributed by atoms with van der Waals surface area (Å²) in [5.74, 6) is 0.739. The second-order valence-electron chi connectivity index (χ2n) is 8.36. The molecule has 32 heavy (non-hydrogen) atoms. The minimum Gasteiger partial charge on any atom is -0.381 e. The number of nitrogens with zero attached hydrogens (tertiary/aromatic N) is 4. The number of morpholine rings is 1. The lowest BCUT2D eigenvalue weighted by Crippen LogP contribution is -2.42. The number of hydrogen-bond donors (Lipinski definition) is 2. The standard InChI is InChI=1S/C24H30N6O2/c1-30(19-6-11-31-12-7-19)18-4-2-17(3-5-18)21-14-22-23(27-9-8-26-22)24(29-21)28-16-20-15-25-10-13-32-20/h2-5,8-9,14,19-20,25H,6-7,10-13,15-16H2,1H3,(H,28,29). The predicted molar refractivity (Wildman–Crippen MR) is 126 cm³/mol. The van der Waals surface area contributed by atoms with Gasteiger partial charge in [-0.25, -0.2) is 9.97 Å². The maximum atomic E-state index is 5.81. The van der Waals surface area contributed by atoms with Crippen molar-refractivity contribution in [2.45, 2.75) is 25.0 Å². The summed E-state index contributed by atoms with van der Waals surface area (Å²) in [6, 6.07) is 11.1. The lowest BCUT2D eigenvalue weighted by atomic mass is 10.1. The summed E-state index contributed by atoms with van der Waals surface area (Å²) in [6.07, 6.45) is 5.67. The Bertz CT molecular complexity index is 1030. The average molecular weight is 435 g/mol. The maximum Gasteiger partial charge on any atom is 0.154 e. The van der Waals surface area contributed by atoms with Gasteiger partial charge in [-0.3, -0.25) is 4.98 Å². The van der Waals surface area contributed by atoms with Crippen LogP contribution in [0.3, 0.4) is 0 Å². The quantitative estimate of drug-likeness (QED) is 0.613. The van der Waals surface area contributed by atoms with Crippen LogP contribution in [0.4, 0.5) is 11.5 Å². The molecule has 8 heteroatoms. The van der Waals surface area contributed by atoms with E-state index in [1.807, 2.05) is 6.07 Å². The van der Waals surface area contributed by atoms with Gasteiger partial charge in [0.1, 0.15) is 5.52 Å². The normalized spacial score (nSPS) is 19.7. The molecule has 0 saturated carbocycles. The molecule has 0 radical (unpaired) electrons. The minimum atomic E-state index is 0.112. The van der Waals surface area contributed by atoms with Gasteiger partial charge in [0, 0.05) is 69.6 Å². The Morgan fingerprint density at radius 2 is 1.91 bits per heavy atom. The molecule has 2 N–H and O–H groups in total. The number of aromatic nitrogens is 3. The van der Waals surface area contributed by atoms with Gasteiger partial charge in [-0.15, -0.1) is 0 Å². The molecule has 0 spiro atoms. The summed E-state index contributed by atoms with van der Waals surface area (Å²) in [5, 5.41) is 6.80. The highest BCUT2D eigenvalue weighted by atomic mass is 16.5. The smallest absolute Gasteiger partial charge is 0.154 e. The van der Waals surface area contributed by atoms with Gasteiger partial charge in [-0.05, 0) is 31.0 Å². The van der Waals surface area contributed by atoms with E-state index in [9.17, 15) is 0 Å². The third-order valence-corrected chi connectivity index (χ3v) is 6.27. The second-order valence-corrected chi connectivity index (χ2v) is 8.36. The molecule has 5 rings (SSSR count). The first-order valence-electron chi connectivity index (χ1n) is 11.4. The first kappa shape index (κ1) is 21.1. The Morgan fingerprint density at radius 3 is 2.69 bits per heavy atom.